The van der Waals surface area contributed by atoms with Gasteiger partial charge in [0.25, 0.3) is 0 Å². The molecule has 0 bridgehead atoms. The van der Waals surface area contributed by atoms with Gasteiger partial charge in [0.1, 0.15) is 17.3 Å². The minimum Gasteiger partial charge on any atom is -0.455 e. The number of pyridine rings is 2. The molecule has 1 aliphatic heterocycles. The lowest BCUT2D eigenvalue weighted by Crippen LogP contribution is -2.31. The Bertz CT molecular complexity index is 920. The number of nitrogens with one attached hydrogen (secondary N) is 1. The first-order valence-corrected chi connectivity index (χ1v) is 8.72. The number of hydrogen-bond acceptors (Lipinski definition) is 6. The van der Waals surface area contributed by atoms with Crippen molar-refractivity contribution < 1.29 is 9.53 Å². The highest BCUT2D eigenvalue weighted by Crippen LogP contribution is 2.34. The van der Waals surface area contributed by atoms with Gasteiger partial charge in [0.05, 0.1) is 11.4 Å². The number of allylic oxidation sites excluding steroid dienone is 1. The first-order chi connectivity index (χ1) is 12.9. The summed E-state index contributed by atoms with van der Waals surface area (Å²) in [5.74, 6) is 1.89. The van der Waals surface area contributed by atoms with Gasteiger partial charge in [-0.1, -0.05) is 13.8 Å². The van der Waals surface area contributed by atoms with Crippen molar-refractivity contribution in [3.05, 3.63) is 48.1 Å². The highest BCUT2D eigenvalue weighted by Gasteiger charge is 2.39. The van der Waals surface area contributed by atoms with E-state index in [0.717, 1.165) is 12.6 Å². The second-order valence-electron chi connectivity index (χ2n) is 7.09. The first-order valence-electron chi connectivity index (χ1n) is 8.72. The molecule has 0 aliphatic carbocycles. The van der Waals surface area contributed by atoms with E-state index < -0.39 is 0 Å². The van der Waals surface area contributed by atoms with Crippen LogP contribution in [0.25, 0.3) is 5.57 Å². The number of nitrogens with two attached hydrogens (primary N) is 1. The molecule has 1 fully saturated rings. The van der Waals surface area contributed by atoms with Gasteiger partial charge < -0.3 is 15.9 Å². The zero-order valence-corrected chi connectivity index (χ0v) is 15.7. The van der Waals surface area contributed by atoms with Crippen molar-refractivity contribution in [2.45, 2.75) is 27.2 Å². The minimum absolute atomic E-state index is 0.0922. The summed E-state index contributed by atoms with van der Waals surface area (Å²) in [5.41, 5.74) is 6.91. The summed E-state index contributed by atoms with van der Waals surface area (Å²) in [6.45, 7) is 6.43. The number of nitrogens with zero attached hydrogens (tertiary/aromatic N) is 3. The molecule has 7 nitrogen and oxygen atoms in total. The van der Waals surface area contributed by atoms with Crippen LogP contribution in [0.3, 0.4) is 0 Å². The molecule has 0 radical (unpaired) electrons. The Morgan fingerprint density at radius 3 is 2.74 bits per heavy atom. The average Bonchev–Trinajstić information content (AvgIpc) is 2.92. The fourth-order valence-corrected chi connectivity index (χ4v) is 2.94. The van der Waals surface area contributed by atoms with Crippen molar-refractivity contribution in [3.63, 3.8) is 0 Å². The lowest BCUT2D eigenvalue weighted by molar-refractivity contribution is -0.124. The third-order valence-corrected chi connectivity index (χ3v) is 4.67. The number of carbonyl (C=O) groups is 1. The fraction of sp³-hybridized carbons (Fsp3) is 0.300. The van der Waals surface area contributed by atoms with Crippen LogP contribution in [0.1, 0.15) is 31.7 Å². The van der Waals surface area contributed by atoms with Crippen molar-refractivity contribution >= 4 is 23.5 Å². The molecule has 0 unspecified atom stereocenters. The van der Waals surface area contributed by atoms with E-state index in [1.807, 2.05) is 26.8 Å². The molecule has 3 rings (SSSR count). The van der Waals surface area contributed by atoms with Crippen LogP contribution in [-0.4, -0.2) is 28.6 Å². The van der Waals surface area contributed by atoms with E-state index in [1.165, 1.54) is 6.20 Å². The van der Waals surface area contributed by atoms with E-state index in [1.54, 1.807) is 29.3 Å². The monoisotopic (exact) mass is 365 g/mol. The molecule has 2 aromatic rings. The van der Waals surface area contributed by atoms with Crippen molar-refractivity contribution in [1.29, 1.82) is 5.41 Å². The van der Waals surface area contributed by atoms with Gasteiger partial charge in [0.15, 0.2) is 0 Å². The molecule has 0 atom stereocenters. The summed E-state index contributed by atoms with van der Waals surface area (Å²) in [6.07, 6.45) is 4.88. The SMILES string of the molecule is Cc1nc(N2CCC(C)(C)C2=O)ccc1Oc1ccnc(/C(C=N)=C/N)c1. The van der Waals surface area contributed by atoms with Crippen molar-refractivity contribution in [2.24, 2.45) is 11.1 Å². The normalized spacial score (nSPS) is 16.5. The largest absolute Gasteiger partial charge is 0.455 e. The molecule has 1 saturated heterocycles. The quantitative estimate of drug-likeness (QED) is 0.791. The molecule has 7 heteroatoms. The van der Waals surface area contributed by atoms with Gasteiger partial charge in [0.2, 0.25) is 5.91 Å². The lowest BCUT2D eigenvalue weighted by atomic mass is 9.92. The lowest BCUT2D eigenvalue weighted by Gasteiger charge is -2.19. The molecule has 140 valence electrons. The molecule has 3 N–H and O–H groups in total. The average molecular weight is 365 g/mol. The summed E-state index contributed by atoms with van der Waals surface area (Å²) in [5, 5.41) is 7.38. The van der Waals surface area contributed by atoms with E-state index in [2.05, 4.69) is 9.97 Å². The number of ether oxygens (including phenoxy) is 1. The summed E-state index contributed by atoms with van der Waals surface area (Å²) in [4.78, 5) is 23.0. The summed E-state index contributed by atoms with van der Waals surface area (Å²) < 4.78 is 5.93. The highest BCUT2D eigenvalue weighted by molar-refractivity contribution is 6.07. The van der Waals surface area contributed by atoms with Crippen molar-refractivity contribution in [2.75, 3.05) is 11.4 Å². The molecule has 0 spiro atoms. The van der Waals surface area contributed by atoms with Crippen LogP contribution in [0.5, 0.6) is 11.5 Å². The summed E-state index contributed by atoms with van der Waals surface area (Å²) in [7, 11) is 0. The van der Waals surface area contributed by atoms with Crippen LogP contribution in [0.15, 0.2) is 36.7 Å². The third-order valence-electron chi connectivity index (χ3n) is 4.67. The maximum atomic E-state index is 12.5. The third kappa shape index (κ3) is 3.67. The summed E-state index contributed by atoms with van der Waals surface area (Å²) in [6, 6.07) is 7.05. The number of carbonyl (C=O) groups excluding carboxylic acids is 1. The number of rotatable bonds is 5. The molecule has 0 saturated carbocycles. The Labute approximate surface area is 158 Å². The molecule has 2 aromatic heterocycles. The van der Waals surface area contributed by atoms with Crippen LogP contribution in [-0.2, 0) is 4.79 Å². The Morgan fingerprint density at radius 1 is 1.37 bits per heavy atom. The van der Waals surface area contributed by atoms with Gasteiger partial charge in [-0.3, -0.25) is 14.7 Å². The Balaban J connectivity index is 1.83. The van der Waals surface area contributed by atoms with Gasteiger partial charge in [0, 0.05) is 42.2 Å². The molecular formula is C20H23N5O2. The zero-order chi connectivity index (χ0) is 19.6. The number of aromatic nitrogens is 2. The maximum absolute atomic E-state index is 12.5. The van der Waals surface area contributed by atoms with Crippen LogP contribution in [0, 0.1) is 17.7 Å². The van der Waals surface area contributed by atoms with E-state index in [9.17, 15) is 4.79 Å². The molecule has 0 aromatic carbocycles. The van der Waals surface area contributed by atoms with Gasteiger partial charge in [-0.25, -0.2) is 4.98 Å². The highest BCUT2D eigenvalue weighted by atomic mass is 16.5. The van der Waals surface area contributed by atoms with Crippen LogP contribution >= 0.6 is 0 Å². The Hall–Kier alpha value is -3.22. The van der Waals surface area contributed by atoms with Gasteiger partial charge in [-0.05, 0) is 31.5 Å². The van der Waals surface area contributed by atoms with Gasteiger partial charge >= 0.3 is 0 Å². The molecule has 1 aliphatic rings. The van der Waals surface area contributed by atoms with E-state index in [4.69, 9.17) is 15.9 Å². The van der Waals surface area contributed by atoms with Crippen LogP contribution in [0.4, 0.5) is 5.82 Å². The van der Waals surface area contributed by atoms with E-state index in [-0.39, 0.29) is 11.3 Å². The molecule has 1 amide bonds. The maximum Gasteiger partial charge on any atom is 0.233 e. The number of anilines is 1. The second kappa shape index (κ2) is 7.19. The standard InChI is InChI=1S/C20H23N5O2/c1-13-17(27-15-6-8-23-16(10-15)14(11-21)12-22)4-5-18(24-13)25-9-7-20(2,3)19(25)26/h4-6,8,10-12,21H,7,9,22H2,1-3H3/b14-12+,21-11?. The van der Waals surface area contributed by atoms with E-state index in [0.29, 0.717) is 40.8 Å². The minimum atomic E-state index is -0.346. The predicted molar refractivity (Wildman–Crippen MR) is 105 cm³/mol. The van der Waals surface area contributed by atoms with Crippen molar-refractivity contribution in [3.8, 4) is 11.5 Å². The zero-order valence-electron chi connectivity index (χ0n) is 15.7. The predicted octanol–water partition coefficient (Wildman–Crippen LogP) is 3.29. The van der Waals surface area contributed by atoms with E-state index >= 15 is 0 Å². The van der Waals surface area contributed by atoms with Gasteiger partial charge in [-0.15, -0.1) is 0 Å². The number of aryl methyl sites for hydroxylation is 1. The first kappa shape index (κ1) is 18.6. The van der Waals surface area contributed by atoms with Crippen LogP contribution in [0.2, 0.25) is 0 Å². The topological polar surface area (TPSA) is 105 Å². The fourth-order valence-electron chi connectivity index (χ4n) is 2.94. The Kier molecular flexibility index (Phi) is 4.94. The smallest absolute Gasteiger partial charge is 0.233 e. The number of hydrogen-bond donors (Lipinski definition) is 2. The Morgan fingerprint density at radius 2 is 2.15 bits per heavy atom. The van der Waals surface area contributed by atoms with Crippen LogP contribution < -0.4 is 15.4 Å². The summed E-state index contributed by atoms with van der Waals surface area (Å²) >= 11 is 0. The molecule has 27 heavy (non-hydrogen) atoms. The number of amides is 1. The molecular weight excluding hydrogens is 342 g/mol. The van der Waals surface area contributed by atoms with Crippen molar-refractivity contribution in [1.82, 2.24) is 9.97 Å². The second-order valence-corrected chi connectivity index (χ2v) is 7.09. The molecule has 3 heterocycles. The van der Waals surface area contributed by atoms with Gasteiger partial charge in [-0.2, -0.15) is 0 Å².